The summed E-state index contributed by atoms with van der Waals surface area (Å²) >= 11 is 0. The van der Waals surface area contributed by atoms with Gasteiger partial charge in [0.05, 0.1) is 0 Å². The molecule has 2 unspecified atom stereocenters. The topological polar surface area (TPSA) is 182 Å². The Hall–Kier alpha value is 1.18. The standard InChI is InChI=1S/C8H21NO7P2.Na.H2O/c1-2-3-4-6-9-7-5-8(10,17(11,12)13)18(14,15)16;;/h9-10H,2-7H2,1H3,(H2,11,12,13)(H2,14,15,16);;1H2/q;+1;/p-1. The Kier molecular flexibility index (Phi) is 14.1. The number of unbranched alkanes of at least 4 members (excludes halogenated alkanes) is 2. The van der Waals surface area contributed by atoms with Gasteiger partial charge in [0.2, 0.25) is 5.08 Å². The molecule has 0 aliphatic heterocycles. The third kappa shape index (κ3) is 7.98. The van der Waals surface area contributed by atoms with E-state index in [0.717, 1.165) is 19.3 Å². The van der Waals surface area contributed by atoms with Crippen LogP contribution >= 0.6 is 15.2 Å². The van der Waals surface area contributed by atoms with Crippen LogP contribution in [0.25, 0.3) is 0 Å². The third-order valence-corrected chi connectivity index (χ3v) is 6.34. The van der Waals surface area contributed by atoms with E-state index in [1.54, 1.807) is 0 Å². The van der Waals surface area contributed by atoms with Crippen molar-refractivity contribution in [3.63, 3.8) is 0 Å². The second-order valence-corrected chi connectivity index (χ2v) is 8.01. The maximum absolute atomic E-state index is 11.0. The molecule has 0 rings (SSSR count). The van der Waals surface area contributed by atoms with Crippen molar-refractivity contribution in [1.29, 1.82) is 0 Å². The Morgan fingerprint density at radius 1 is 1.15 bits per heavy atom. The van der Waals surface area contributed by atoms with Gasteiger partial charge in [0.25, 0.3) is 0 Å². The fourth-order valence-corrected chi connectivity index (χ4v) is 3.45. The van der Waals surface area contributed by atoms with E-state index in [2.05, 4.69) is 5.32 Å². The van der Waals surface area contributed by atoms with Gasteiger partial charge in [0.15, 0.2) is 7.60 Å². The molecule has 0 saturated heterocycles. The Morgan fingerprint density at radius 3 is 2.00 bits per heavy atom. The molecule has 12 heteroatoms. The first-order chi connectivity index (χ1) is 8.06. The van der Waals surface area contributed by atoms with Gasteiger partial charge in [-0.3, -0.25) is 4.57 Å². The van der Waals surface area contributed by atoms with Gasteiger partial charge in [-0.2, -0.15) is 0 Å². The van der Waals surface area contributed by atoms with Crippen LogP contribution in [0, 0.1) is 0 Å². The molecule has 0 aliphatic carbocycles. The van der Waals surface area contributed by atoms with Gasteiger partial charge < -0.3 is 40.0 Å². The van der Waals surface area contributed by atoms with Crippen molar-refractivity contribution >= 4 is 15.2 Å². The molecule has 0 heterocycles. The zero-order chi connectivity index (χ0) is 14.4. The first kappa shape index (κ1) is 26.1. The Balaban J connectivity index is -0.00000144. The van der Waals surface area contributed by atoms with Crippen LogP contribution in [0.2, 0.25) is 0 Å². The molecule has 0 saturated carbocycles. The molecule has 0 fully saturated rings. The number of aliphatic hydroxyl groups is 1. The number of hydrogen-bond donors (Lipinski definition) is 5. The molecule has 0 radical (unpaired) electrons. The van der Waals surface area contributed by atoms with Crippen molar-refractivity contribution in [3.8, 4) is 0 Å². The van der Waals surface area contributed by atoms with Crippen molar-refractivity contribution in [3.05, 3.63) is 0 Å². The van der Waals surface area contributed by atoms with Gasteiger partial charge in [0.1, 0.15) is 0 Å². The molecule has 20 heavy (non-hydrogen) atoms. The minimum Gasteiger partial charge on any atom is -0.776 e. The third-order valence-electron chi connectivity index (χ3n) is 2.51. The van der Waals surface area contributed by atoms with Gasteiger partial charge in [-0.05, 0) is 19.5 Å². The molecule has 0 aromatic heterocycles. The van der Waals surface area contributed by atoms with Gasteiger partial charge >= 0.3 is 37.2 Å². The Labute approximate surface area is 140 Å². The molecule has 2 atom stereocenters. The summed E-state index contributed by atoms with van der Waals surface area (Å²) in [7, 11) is -10.9. The van der Waals surface area contributed by atoms with E-state index in [-0.39, 0.29) is 41.6 Å². The van der Waals surface area contributed by atoms with Gasteiger partial charge in [-0.25, -0.2) is 0 Å². The van der Waals surface area contributed by atoms with Crippen LogP contribution in [-0.2, 0) is 9.13 Å². The molecule has 0 bridgehead atoms. The van der Waals surface area contributed by atoms with Crippen molar-refractivity contribution in [2.75, 3.05) is 13.1 Å². The quantitative estimate of drug-likeness (QED) is 0.158. The normalized spacial score (nSPS) is 17.3. The molecular formula is C8H22NNaO8P2. The predicted molar refractivity (Wildman–Crippen MR) is 67.4 cm³/mol. The number of hydrogen-bond acceptors (Lipinski definition) is 5. The second kappa shape index (κ2) is 10.8. The predicted octanol–water partition coefficient (Wildman–Crippen LogP) is -4.29. The van der Waals surface area contributed by atoms with Crippen LogP contribution in [0.3, 0.4) is 0 Å². The minimum absolute atomic E-state index is 0. The van der Waals surface area contributed by atoms with Crippen LogP contribution in [0.1, 0.15) is 32.6 Å². The molecule has 0 aromatic carbocycles. The molecule has 7 N–H and O–H groups in total. The molecule has 9 nitrogen and oxygen atoms in total. The minimum atomic E-state index is -5.57. The van der Waals surface area contributed by atoms with Crippen LogP contribution in [0.15, 0.2) is 0 Å². The SMILES string of the molecule is CCCCCNCCC(O)(P(=O)([O-])O)P(=O)(O)O.O.[Na+]. The van der Waals surface area contributed by atoms with E-state index in [9.17, 15) is 19.1 Å². The second-order valence-electron chi connectivity index (χ2n) is 4.05. The summed E-state index contributed by atoms with van der Waals surface area (Å²) in [5.74, 6) is 0. The molecule has 0 aliphatic rings. The largest absolute Gasteiger partial charge is 1.00 e. The summed E-state index contributed by atoms with van der Waals surface area (Å²) in [6.07, 6.45) is 2.02. The molecule has 0 amide bonds. The summed E-state index contributed by atoms with van der Waals surface area (Å²) in [6, 6.07) is 0. The average molecular weight is 345 g/mol. The number of nitrogens with one attached hydrogen (secondary N) is 1. The zero-order valence-corrected chi connectivity index (χ0v) is 15.4. The average Bonchev–Trinajstić information content (AvgIpc) is 2.19. The van der Waals surface area contributed by atoms with Crippen LogP contribution in [0.4, 0.5) is 0 Å². The van der Waals surface area contributed by atoms with E-state index in [1.165, 1.54) is 0 Å². The van der Waals surface area contributed by atoms with Gasteiger partial charge in [-0.1, -0.05) is 19.8 Å². The van der Waals surface area contributed by atoms with E-state index in [0.29, 0.717) is 6.54 Å². The summed E-state index contributed by atoms with van der Waals surface area (Å²) < 4.78 is 21.8. The summed E-state index contributed by atoms with van der Waals surface area (Å²) in [5, 5.41) is 8.79. The van der Waals surface area contributed by atoms with E-state index in [1.807, 2.05) is 6.92 Å². The van der Waals surface area contributed by atoms with E-state index >= 15 is 0 Å². The zero-order valence-electron chi connectivity index (χ0n) is 11.7. The molecule has 0 spiro atoms. The van der Waals surface area contributed by atoms with Crippen molar-refractivity contribution in [1.82, 2.24) is 5.32 Å². The summed E-state index contributed by atoms with van der Waals surface area (Å²) in [4.78, 5) is 37.3. The monoisotopic (exact) mass is 345 g/mol. The summed E-state index contributed by atoms with van der Waals surface area (Å²) in [6.45, 7) is 2.42. The van der Waals surface area contributed by atoms with Crippen molar-refractivity contribution in [2.45, 2.75) is 37.7 Å². The van der Waals surface area contributed by atoms with Crippen LogP contribution in [-0.4, -0.2) is 43.4 Å². The molecule has 0 aromatic rings. The van der Waals surface area contributed by atoms with Gasteiger partial charge in [0, 0.05) is 6.42 Å². The van der Waals surface area contributed by atoms with E-state index < -0.39 is 26.7 Å². The van der Waals surface area contributed by atoms with Crippen molar-refractivity contribution in [2.24, 2.45) is 0 Å². The first-order valence-corrected chi connectivity index (χ1v) is 8.78. The smallest absolute Gasteiger partial charge is 0.776 e. The van der Waals surface area contributed by atoms with E-state index in [4.69, 9.17) is 14.7 Å². The van der Waals surface area contributed by atoms with Crippen LogP contribution in [0.5, 0.6) is 0 Å². The van der Waals surface area contributed by atoms with Gasteiger partial charge in [-0.15, -0.1) is 0 Å². The van der Waals surface area contributed by atoms with Crippen LogP contribution < -0.4 is 39.8 Å². The molecular weight excluding hydrogens is 323 g/mol. The Morgan fingerprint density at radius 2 is 1.65 bits per heavy atom. The first-order valence-electron chi connectivity index (χ1n) is 5.59. The maximum atomic E-state index is 11.0. The Bertz CT molecular complexity index is 321. The number of rotatable bonds is 9. The molecule has 118 valence electrons. The maximum Gasteiger partial charge on any atom is 1.00 e. The van der Waals surface area contributed by atoms with Crippen molar-refractivity contribution < 1.29 is 68.8 Å². The fourth-order valence-electron chi connectivity index (χ4n) is 1.33. The summed E-state index contributed by atoms with van der Waals surface area (Å²) in [5.41, 5.74) is 0. The fraction of sp³-hybridized carbons (Fsp3) is 1.00.